The van der Waals surface area contributed by atoms with Gasteiger partial charge < -0.3 is 10.1 Å². The van der Waals surface area contributed by atoms with E-state index in [2.05, 4.69) is 15.3 Å². The Morgan fingerprint density at radius 1 is 1.16 bits per heavy atom. The summed E-state index contributed by atoms with van der Waals surface area (Å²) in [7, 11) is 0. The van der Waals surface area contributed by atoms with Crippen molar-refractivity contribution in [2.24, 2.45) is 0 Å². The fourth-order valence-corrected chi connectivity index (χ4v) is 2.90. The number of amides is 1. The van der Waals surface area contributed by atoms with E-state index in [0.29, 0.717) is 13.2 Å². The van der Waals surface area contributed by atoms with E-state index in [1.165, 1.54) is 16.9 Å². The first-order chi connectivity index (χ1) is 12.2. The molecule has 25 heavy (non-hydrogen) atoms. The van der Waals surface area contributed by atoms with Crippen molar-refractivity contribution in [3.8, 4) is 5.75 Å². The highest BCUT2D eigenvalue weighted by Gasteiger charge is 2.08. The maximum atomic E-state index is 12.0. The normalized spacial score (nSPS) is 10.4. The Morgan fingerprint density at radius 3 is 2.76 bits per heavy atom. The highest BCUT2D eigenvalue weighted by Crippen LogP contribution is 2.16. The third-order valence-electron chi connectivity index (χ3n) is 3.52. The summed E-state index contributed by atoms with van der Waals surface area (Å²) in [4.78, 5) is 20.6. The zero-order valence-corrected chi connectivity index (χ0v) is 14.8. The molecule has 0 aliphatic carbocycles. The van der Waals surface area contributed by atoms with E-state index in [-0.39, 0.29) is 12.3 Å². The van der Waals surface area contributed by atoms with Gasteiger partial charge in [0.2, 0.25) is 5.91 Å². The van der Waals surface area contributed by atoms with Gasteiger partial charge in [-0.3, -0.25) is 9.78 Å². The molecule has 0 radical (unpaired) electrons. The second-order valence-electron chi connectivity index (χ2n) is 5.61. The van der Waals surface area contributed by atoms with Gasteiger partial charge in [-0.2, -0.15) is 0 Å². The van der Waals surface area contributed by atoms with Gasteiger partial charge in [0.25, 0.3) is 0 Å². The van der Waals surface area contributed by atoms with E-state index < -0.39 is 0 Å². The summed E-state index contributed by atoms with van der Waals surface area (Å²) in [5.41, 5.74) is 2.79. The Hall–Kier alpha value is -2.73. The van der Waals surface area contributed by atoms with Crippen LogP contribution < -0.4 is 10.1 Å². The van der Waals surface area contributed by atoms with Crippen molar-refractivity contribution < 1.29 is 9.53 Å². The van der Waals surface area contributed by atoms with Crippen LogP contribution in [0.4, 0.5) is 0 Å². The topological polar surface area (TPSA) is 64.1 Å². The molecule has 1 aromatic carbocycles. The molecular formula is C19H19N3O2S. The lowest BCUT2D eigenvalue weighted by molar-refractivity contribution is -0.120. The van der Waals surface area contributed by atoms with Crippen molar-refractivity contribution in [3.63, 3.8) is 0 Å². The lowest BCUT2D eigenvalue weighted by Gasteiger charge is -2.04. The molecule has 0 spiro atoms. The summed E-state index contributed by atoms with van der Waals surface area (Å²) < 4.78 is 5.71. The SMILES string of the molecule is Cc1ccc(OCc2nc(CC(=O)NCc3ccccn3)cs2)cc1. The standard InChI is InChI=1S/C19H19N3O2S/c1-14-5-7-17(8-6-14)24-12-19-22-16(13-25-19)10-18(23)21-11-15-4-2-3-9-20-15/h2-9,13H,10-12H2,1H3,(H,21,23). The zero-order valence-electron chi connectivity index (χ0n) is 13.9. The van der Waals surface area contributed by atoms with Crippen LogP contribution >= 0.6 is 11.3 Å². The number of carbonyl (C=O) groups is 1. The number of benzene rings is 1. The molecule has 2 aromatic heterocycles. The number of rotatable bonds is 7. The minimum Gasteiger partial charge on any atom is -0.486 e. The van der Waals surface area contributed by atoms with E-state index >= 15 is 0 Å². The van der Waals surface area contributed by atoms with Crippen LogP contribution in [0, 0.1) is 6.92 Å². The average molecular weight is 353 g/mol. The third kappa shape index (κ3) is 5.39. The molecule has 128 valence electrons. The second-order valence-corrected chi connectivity index (χ2v) is 6.55. The Morgan fingerprint density at radius 2 is 2.00 bits per heavy atom. The molecular weight excluding hydrogens is 334 g/mol. The maximum absolute atomic E-state index is 12.0. The number of nitrogens with zero attached hydrogens (tertiary/aromatic N) is 2. The van der Waals surface area contributed by atoms with Crippen LogP contribution in [0.2, 0.25) is 0 Å². The molecule has 5 nitrogen and oxygen atoms in total. The number of nitrogens with one attached hydrogen (secondary N) is 1. The van der Waals surface area contributed by atoms with Gasteiger partial charge in [-0.25, -0.2) is 4.98 Å². The number of hydrogen-bond acceptors (Lipinski definition) is 5. The van der Waals surface area contributed by atoms with E-state index in [0.717, 1.165) is 22.1 Å². The molecule has 2 heterocycles. The van der Waals surface area contributed by atoms with Crippen molar-refractivity contribution in [3.05, 3.63) is 76.0 Å². The number of thiazole rings is 1. The van der Waals surface area contributed by atoms with E-state index in [4.69, 9.17) is 4.74 Å². The molecule has 1 amide bonds. The van der Waals surface area contributed by atoms with E-state index in [1.54, 1.807) is 6.20 Å². The van der Waals surface area contributed by atoms with Gasteiger partial charge in [0.1, 0.15) is 17.4 Å². The van der Waals surface area contributed by atoms with Crippen LogP contribution in [0.15, 0.2) is 54.0 Å². The van der Waals surface area contributed by atoms with Gasteiger partial charge in [-0.1, -0.05) is 23.8 Å². The molecule has 0 fully saturated rings. The van der Waals surface area contributed by atoms with Crippen LogP contribution in [-0.2, 0) is 24.4 Å². The summed E-state index contributed by atoms with van der Waals surface area (Å²) in [6.07, 6.45) is 1.97. The predicted octanol–water partition coefficient (Wildman–Crippen LogP) is 3.28. The largest absolute Gasteiger partial charge is 0.486 e. The number of aromatic nitrogens is 2. The molecule has 0 saturated carbocycles. The summed E-state index contributed by atoms with van der Waals surface area (Å²) in [5, 5.41) is 5.60. The summed E-state index contributed by atoms with van der Waals surface area (Å²) in [5.74, 6) is 0.748. The lowest BCUT2D eigenvalue weighted by Crippen LogP contribution is -2.25. The quantitative estimate of drug-likeness (QED) is 0.708. The fraction of sp³-hybridized carbons (Fsp3) is 0.211. The zero-order chi connectivity index (χ0) is 17.5. The van der Waals surface area contributed by atoms with Crippen molar-refractivity contribution in [2.75, 3.05) is 0 Å². The minimum absolute atomic E-state index is 0.0676. The summed E-state index contributed by atoms with van der Waals surface area (Å²) in [6, 6.07) is 13.5. The van der Waals surface area contributed by atoms with Gasteiger partial charge in [0.05, 0.1) is 24.4 Å². The number of pyridine rings is 1. The molecule has 0 bridgehead atoms. The minimum atomic E-state index is -0.0676. The van der Waals surface area contributed by atoms with Crippen LogP contribution in [0.1, 0.15) is 22.0 Å². The van der Waals surface area contributed by atoms with Gasteiger partial charge in [-0.05, 0) is 31.2 Å². The number of ether oxygens (including phenoxy) is 1. The Bertz CT molecular complexity index is 816. The molecule has 0 aliphatic heterocycles. The second kappa shape index (κ2) is 8.39. The van der Waals surface area contributed by atoms with E-state index in [9.17, 15) is 4.79 Å². The van der Waals surface area contributed by atoms with Gasteiger partial charge in [0, 0.05) is 11.6 Å². The highest BCUT2D eigenvalue weighted by atomic mass is 32.1. The smallest absolute Gasteiger partial charge is 0.226 e. The Balaban J connectivity index is 1.46. The number of carbonyl (C=O) groups excluding carboxylic acids is 1. The molecule has 0 unspecified atom stereocenters. The maximum Gasteiger partial charge on any atom is 0.226 e. The average Bonchev–Trinajstić information content (AvgIpc) is 3.08. The third-order valence-corrected chi connectivity index (χ3v) is 4.39. The van der Waals surface area contributed by atoms with Crippen LogP contribution in [-0.4, -0.2) is 15.9 Å². The number of hydrogen-bond donors (Lipinski definition) is 1. The van der Waals surface area contributed by atoms with Crippen LogP contribution in [0.25, 0.3) is 0 Å². The van der Waals surface area contributed by atoms with Crippen LogP contribution in [0.3, 0.4) is 0 Å². The fourth-order valence-electron chi connectivity index (χ4n) is 2.19. The van der Waals surface area contributed by atoms with Gasteiger partial charge in [0.15, 0.2) is 0 Å². The van der Waals surface area contributed by atoms with Crippen molar-refractivity contribution in [1.82, 2.24) is 15.3 Å². The predicted molar refractivity (Wildman–Crippen MR) is 97.4 cm³/mol. The first-order valence-corrected chi connectivity index (χ1v) is 8.86. The summed E-state index contributed by atoms with van der Waals surface area (Å²) >= 11 is 1.50. The molecule has 3 aromatic rings. The Labute approximate surface area is 150 Å². The Kier molecular flexibility index (Phi) is 5.74. The van der Waals surface area contributed by atoms with Crippen LogP contribution in [0.5, 0.6) is 5.75 Å². The summed E-state index contributed by atoms with van der Waals surface area (Å²) in [6.45, 7) is 2.87. The first-order valence-electron chi connectivity index (χ1n) is 7.98. The van der Waals surface area contributed by atoms with Gasteiger partial charge in [-0.15, -0.1) is 11.3 Å². The molecule has 0 aliphatic rings. The van der Waals surface area contributed by atoms with Crippen molar-refractivity contribution >= 4 is 17.2 Å². The lowest BCUT2D eigenvalue weighted by atomic mass is 10.2. The van der Waals surface area contributed by atoms with Crippen molar-refractivity contribution in [1.29, 1.82) is 0 Å². The molecule has 3 rings (SSSR count). The number of aryl methyl sites for hydroxylation is 1. The monoisotopic (exact) mass is 353 g/mol. The first kappa shape index (κ1) is 17.1. The molecule has 0 saturated heterocycles. The molecule has 6 heteroatoms. The van der Waals surface area contributed by atoms with E-state index in [1.807, 2.05) is 54.8 Å². The molecule has 1 N–H and O–H groups in total. The van der Waals surface area contributed by atoms with Crippen molar-refractivity contribution in [2.45, 2.75) is 26.5 Å². The van der Waals surface area contributed by atoms with Gasteiger partial charge >= 0.3 is 0 Å². The highest BCUT2D eigenvalue weighted by molar-refractivity contribution is 7.09. The molecule has 0 atom stereocenters.